The molecule has 1 aromatic carbocycles. The van der Waals surface area contributed by atoms with Crippen molar-refractivity contribution in [3.63, 3.8) is 0 Å². The number of nitrogens with zero attached hydrogens (tertiary/aromatic N) is 1. The molecule has 1 aliphatic rings. The Morgan fingerprint density at radius 2 is 2.00 bits per heavy atom. The molecule has 1 fully saturated rings. The number of carbonyl (C=O) groups is 1. The van der Waals surface area contributed by atoms with Crippen molar-refractivity contribution >= 4 is 5.78 Å². The zero-order valence-electron chi connectivity index (χ0n) is 12.4. The average Bonchev–Trinajstić information content (AvgIpc) is 2.46. The second kappa shape index (κ2) is 6.35. The average molecular weight is 279 g/mol. The number of hydrogen-bond acceptors (Lipinski definition) is 3. The zero-order valence-corrected chi connectivity index (χ0v) is 12.4. The van der Waals surface area contributed by atoms with Crippen LogP contribution in [0, 0.1) is 11.7 Å². The topological polar surface area (TPSA) is 29.5 Å². The minimum Gasteiger partial charge on any atom is -0.497 e. The second-order valence-electron chi connectivity index (χ2n) is 5.61. The Morgan fingerprint density at radius 3 is 2.50 bits per heavy atom. The molecule has 0 saturated carbocycles. The summed E-state index contributed by atoms with van der Waals surface area (Å²) in [6.45, 7) is 6.13. The van der Waals surface area contributed by atoms with Gasteiger partial charge in [0, 0.05) is 18.0 Å². The monoisotopic (exact) mass is 279 g/mol. The predicted molar refractivity (Wildman–Crippen MR) is 76.7 cm³/mol. The highest BCUT2D eigenvalue weighted by Crippen LogP contribution is 2.25. The van der Waals surface area contributed by atoms with E-state index in [-0.39, 0.29) is 17.3 Å². The van der Waals surface area contributed by atoms with Gasteiger partial charge in [-0.05, 0) is 51.9 Å². The minimum absolute atomic E-state index is 0.0621. The van der Waals surface area contributed by atoms with Crippen LogP contribution < -0.4 is 4.74 Å². The van der Waals surface area contributed by atoms with E-state index in [1.165, 1.54) is 19.2 Å². The van der Waals surface area contributed by atoms with Crippen LogP contribution in [-0.4, -0.2) is 36.9 Å². The molecule has 1 heterocycles. The fourth-order valence-electron chi connectivity index (χ4n) is 2.72. The van der Waals surface area contributed by atoms with Crippen LogP contribution >= 0.6 is 0 Å². The summed E-state index contributed by atoms with van der Waals surface area (Å²) in [5, 5.41) is 0. The third-order valence-electron chi connectivity index (χ3n) is 4.07. The molecule has 1 aromatic rings. The van der Waals surface area contributed by atoms with E-state index in [0.29, 0.717) is 11.8 Å². The molecule has 1 saturated heterocycles. The van der Waals surface area contributed by atoms with Crippen LogP contribution in [0.5, 0.6) is 5.75 Å². The van der Waals surface area contributed by atoms with E-state index in [1.54, 1.807) is 6.07 Å². The van der Waals surface area contributed by atoms with Gasteiger partial charge in [0.2, 0.25) is 0 Å². The van der Waals surface area contributed by atoms with Crippen LogP contribution in [0.15, 0.2) is 18.2 Å². The van der Waals surface area contributed by atoms with Gasteiger partial charge in [0.25, 0.3) is 0 Å². The molecule has 1 aliphatic heterocycles. The molecule has 0 spiro atoms. The van der Waals surface area contributed by atoms with Gasteiger partial charge in [-0.25, -0.2) is 4.39 Å². The van der Waals surface area contributed by atoms with Gasteiger partial charge < -0.3 is 9.64 Å². The van der Waals surface area contributed by atoms with E-state index >= 15 is 0 Å². The highest BCUT2D eigenvalue weighted by atomic mass is 19.1. The lowest BCUT2D eigenvalue weighted by atomic mass is 9.88. The quantitative estimate of drug-likeness (QED) is 0.793. The summed E-state index contributed by atoms with van der Waals surface area (Å²) in [6.07, 6.45) is 1.62. The van der Waals surface area contributed by atoms with Crippen molar-refractivity contribution in [3.8, 4) is 5.75 Å². The van der Waals surface area contributed by atoms with Crippen molar-refractivity contribution in [2.45, 2.75) is 32.7 Å². The SMILES string of the molecule is COc1ccc(C(=O)C2CCN(C(C)C)CC2)c(F)c1. The molecule has 0 unspecified atom stereocenters. The summed E-state index contributed by atoms with van der Waals surface area (Å²) in [6, 6.07) is 4.95. The number of ether oxygens (including phenoxy) is 1. The van der Waals surface area contributed by atoms with Crippen LogP contribution in [0.25, 0.3) is 0 Å². The van der Waals surface area contributed by atoms with Crippen LogP contribution in [0.1, 0.15) is 37.0 Å². The van der Waals surface area contributed by atoms with E-state index < -0.39 is 5.82 Å². The Labute approximate surface area is 119 Å². The van der Waals surface area contributed by atoms with Crippen molar-refractivity contribution in [2.75, 3.05) is 20.2 Å². The standard InChI is InChI=1S/C16H22FNO2/c1-11(2)18-8-6-12(7-9-18)16(19)14-5-4-13(20-3)10-15(14)17/h4-5,10-12H,6-9H2,1-3H3. The number of piperidine rings is 1. The van der Waals surface area contributed by atoms with Gasteiger partial charge >= 0.3 is 0 Å². The van der Waals surface area contributed by atoms with Gasteiger partial charge in [0.1, 0.15) is 11.6 Å². The number of carbonyl (C=O) groups excluding carboxylic acids is 1. The lowest BCUT2D eigenvalue weighted by Crippen LogP contribution is -2.40. The lowest BCUT2D eigenvalue weighted by molar-refractivity contribution is 0.0807. The van der Waals surface area contributed by atoms with Crippen LogP contribution in [0.4, 0.5) is 4.39 Å². The van der Waals surface area contributed by atoms with Crippen molar-refractivity contribution < 1.29 is 13.9 Å². The number of benzene rings is 1. The Hall–Kier alpha value is -1.42. The van der Waals surface area contributed by atoms with Gasteiger partial charge in [-0.15, -0.1) is 0 Å². The molecule has 0 amide bonds. The van der Waals surface area contributed by atoms with Crippen molar-refractivity contribution in [1.29, 1.82) is 0 Å². The maximum absolute atomic E-state index is 13.9. The highest BCUT2D eigenvalue weighted by molar-refractivity contribution is 5.98. The van der Waals surface area contributed by atoms with Gasteiger partial charge in [0.15, 0.2) is 5.78 Å². The molecule has 2 rings (SSSR count). The van der Waals surface area contributed by atoms with Gasteiger partial charge in [0.05, 0.1) is 12.7 Å². The fraction of sp³-hybridized carbons (Fsp3) is 0.562. The molecule has 0 radical (unpaired) electrons. The smallest absolute Gasteiger partial charge is 0.168 e. The van der Waals surface area contributed by atoms with Crippen LogP contribution in [-0.2, 0) is 0 Å². The van der Waals surface area contributed by atoms with E-state index in [9.17, 15) is 9.18 Å². The number of methoxy groups -OCH3 is 1. The molecule has 0 aromatic heterocycles. The normalized spacial score (nSPS) is 17.4. The first-order chi connectivity index (χ1) is 9.52. The van der Waals surface area contributed by atoms with Crippen molar-refractivity contribution in [3.05, 3.63) is 29.6 Å². The summed E-state index contributed by atoms with van der Waals surface area (Å²) in [5.74, 6) is -0.184. The summed E-state index contributed by atoms with van der Waals surface area (Å²) in [7, 11) is 1.48. The van der Waals surface area contributed by atoms with Gasteiger partial charge in [-0.3, -0.25) is 4.79 Å². The number of hydrogen-bond donors (Lipinski definition) is 0. The van der Waals surface area contributed by atoms with Crippen LogP contribution in [0.2, 0.25) is 0 Å². The lowest BCUT2D eigenvalue weighted by Gasteiger charge is -2.34. The Bertz CT molecular complexity index is 479. The Kier molecular flexibility index (Phi) is 4.76. The number of ketones is 1. The molecule has 0 atom stereocenters. The molecular weight excluding hydrogens is 257 g/mol. The van der Waals surface area contributed by atoms with Crippen molar-refractivity contribution in [2.24, 2.45) is 5.92 Å². The van der Waals surface area contributed by atoms with E-state index in [0.717, 1.165) is 25.9 Å². The summed E-state index contributed by atoms with van der Waals surface area (Å²) < 4.78 is 18.9. The van der Waals surface area contributed by atoms with E-state index in [2.05, 4.69) is 18.7 Å². The highest BCUT2D eigenvalue weighted by Gasteiger charge is 2.28. The zero-order chi connectivity index (χ0) is 14.7. The first kappa shape index (κ1) is 15.0. The molecule has 4 heteroatoms. The van der Waals surface area contributed by atoms with Crippen LogP contribution in [0.3, 0.4) is 0 Å². The number of likely N-dealkylation sites (tertiary alicyclic amines) is 1. The largest absolute Gasteiger partial charge is 0.497 e. The maximum atomic E-state index is 13.9. The molecule has 20 heavy (non-hydrogen) atoms. The minimum atomic E-state index is -0.486. The summed E-state index contributed by atoms with van der Waals surface area (Å²) in [4.78, 5) is 14.8. The fourth-order valence-corrected chi connectivity index (χ4v) is 2.72. The van der Waals surface area contributed by atoms with Gasteiger partial charge in [-0.1, -0.05) is 0 Å². The number of halogens is 1. The third-order valence-corrected chi connectivity index (χ3v) is 4.07. The third kappa shape index (κ3) is 3.18. The molecule has 3 nitrogen and oxygen atoms in total. The summed E-state index contributed by atoms with van der Waals surface area (Å²) in [5.41, 5.74) is 0.189. The molecule has 0 bridgehead atoms. The molecule has 0 N–H and O–H groups in total. The van der Waals surface area contributed by atoms with Gasteiger partial charge in [-0.2, -0.15) is 0 Å². The van der Waals surface area contributed by atoms with E-state index in [4.69, 9.17) is 4.74 Å². The first-order valence-corrected chi connectivity index (χ1v) is 7.14. The number of Topliss-reactive ketones (excluding diaryl/α,β-unsaturated/α-hetero) is 1. The predicted octanol–water partition coefficient (Wildman–Crippen LogP) is 3.14. The van der Waals surface area contributed by atoms with Crippen molar-refractivity contribution in [1.82, 2.24) is 4.90 Å². The Morgan fingerprint density at radius 1 is 1.35 bits per heavy atom. The maximum Gasteiger partial charge on any atom is 0.168 e. The molecular formula is C16H22FNO2. The second-order valence-corrected chi connectivity index (χ2v) is 5.61. The van der Waals surface area contributed by atoms with E-state index in [1.807, 2.05) is 0 Å². The summed E-state index contributed by atoms with van der Waals surface area (Å²) >= 11 is 0. The number of rotatable bonds is 4. The molecule has 110 valence electrons. The molecule has 0 aliphatic carbocycles. The Balaban J connectivity index is 2.05. The first-order valence-electron chi connectivity index (χ1n) is 7.14.